The van der Waals surface area contributed by atoms with Crippen LogP contribution in [-0.2, 0) is 0 Å². The van der Waals surface area contributed by atoms with Gasteiger partial charge in [0.25, 0.3) is 0 Å². The predicted octanol–water partition coefficient (Wildman–Crippen LogP) is 5.17. The molecule has 21 heavy (non-hydrogen) atoms. The number of nitrogen functional groups attached to an aromatic ring is 1. The van der Waals surface area contributed by atoms with Crippen LogP contribution in [-0.4, -0.2) is 6.61 Å². The van der Waals surface area contributed by atoms with Crippen LogP contribution in [0.25, 0.3) is 0 Å². The summed E-state index contributed by atoms with van der Waals surface area (Å²) in [4.78, 5) is 0. The Labute approximate surface area is 132 Å². The molecule has 0 aliphatic heterocycles. The fourth-order valence-corrected chi connectivity index (χ4v) is 2.09. The van der Waals surface area contributed by atoms with E-state index >= 15 is 0 Å². The maximum Gasteiger partial charge on any atom is 0.387 e. The van der Waals surface area contributed by atoms with E-state index in [1.54, 1.807) is 18.2 Å². The Balaban J connectivity index is 2.32. The number of anilines is 3. The Bertz CT molecular complexity index is 670. The smallest absolute Gasteiger partial charge is 0.387 e. The van der Waals surface area contributed by atoms with Gasteiger partial charge in [0.15, 0.2) is 11.6 Å². The van der Waals surface area contributed by atoms with Crippen LogP contribution in [0.5, 0.6) is 5.75 Å². The maximum absolute atomic E-state index is 13.5. The van der Waals surface area contributed by atoms with E-state index in [4.69, 9.17) is 17.3 Å². The lowest BCUT2D eigenvalue weighted by molar-refractivity contribution is -0.0521. The van der Waals surface area contributed by atoms with Crippen molar-refractivity contribution in [2.75, 3.05) is 11.1 Å². The number of benzene rings is 2. The van der Waals surface area contributed by atoms with Crippen molar-refractivity contribution in [1.29, 1.82) is 0 Å². The summed E-state index contributed by atoms with van der Waals surface area (Å²) in [5, 5.41) is 3.38. The molecule has 2 aromatic carbocycles. The summed E-state index contributed by atoms with van der Waals surface area (Å²) in [6, 6.07) is 6.93. The summed E-state index contributed by atoms with van der Waals surface area (Å²) in [5.74, 6) is -1.55. The molecule has 0 aliphatic carbocycles. The molecule has 0 amide bonds. The Hall–Kier alpha value is -1.60. The van der Waals surface area contributed by atoms with Gasteiger partial charge in [0, 0.05) is 22.3 Å². The number of ether oxygens (including phenoxy) is 1. The molecular weight excluding hydrogens is 373 g/mol. The minimum atomic E-state index is -3.12. The van der Waals surface area contributed by atoms with Gasteiger partial charge >= 0.3 is 6.61 Å². The molecule has 0 saturated carbocycles. The van der Waals surface area contributed by atoms with Crippen LogP contribution in [0.3, 0.4) is 0 Å². The number of alkyl halides is 2. The average molecular weight is 382 g/mol. The molecule has 8 heteroatoms. The zero-order valence-electron chi connectivity index (χ0n) is 10.3. The number of nitrogens with one attached hydrogen (secondary N) is 1. The highest BCUT2D eigenvalue weighted by molar-refractivity contribution is 9.10. The normalized spacial score (nSPS) is 10.8. The first-order chi connectivity index (χ1) is 9.86. The molecule has 0 heterocycles. The second-order valence-corrected chi connectivity index (χ2v) is 5.26. The highest BCUT2D eigenvalue weighted by Gasteiger charge is 2.13. The number of nitrogens with two attached hydrogens (primary N) is 1. The van der Waals surface area contributed by atoms with Crippen LogP contribution >= 0.6 is 27.5 Å². The number of halogens is 5. The third-order valence-corrected chi connectivity index (χ3v) is 3.73. The molecule has 0 bridgehead atoms. The molecule has 2 rings (SSSR count). The van der Waals surface area contributed by atoms with Crippen LogP contribution in [0.4, 0.5) is 30.2 Å². The minimum absolute atomic E-state index is 0.0557. The van der Waals surface area contributed by atoms with Crippen molar-refractivity contribution in [3.8, 4) is 5.75 Å². The molecule has 0 spiro atoms. The molecule has 0 fully saturated rings. The standard InChI is InChI=1S/C13H9BrClF3N2O/c14-7-3-6(1-2-8(7)15)20-11-5-12(21-13(17)18)9(16)4-10(11)19/h1-5,13,20H,19H2. The molecule has 0 saturated heterocycles. The molecule has 3 nitrogen and oxygen atoms in total. The molecule has 2 aromatic rings. The lowest BCUT2D eigenvalue weighted by Crippen LogP contribution is -2.05. The molecule has 0 atom stereocenters. The predicted molar refractivity (Wildman–Crippen MR) is 79.9 cm³/mol. The van der Waals surface area contributed by atoms with Crippen molar-refractivity contribution in [2.24, 2.45) is 0 Å². The van der Waals surface area contributed by atoms with Crippen LogP contribution in [0.1, 0.15) is 0 Å². The SMILES string of the molecule is Nc1cc(F)c(OC(F)F)cc1Nc1ccc(Cl)c(Br)c1. The van der Waals surface area contributed by atoms with E-state index in [-0.39, 0.29) is 11.4 Å². The van der Waals surface area contributed by atoms with Gasteiger partial charge in [0.05, 0.1) is 16.4 Å². The zero-order valence-corrected chi connectivity index (χ0v) is 12.7. The summed E-state index contributed by atoms with van der Waals surface area (Å²) in [7, 11) is 0. The van der Waals surface area contributed by atoms with E-state index in [0.717, 1.165) is 12.1 Å². The molecule has 112 valence electrons. The van der Waals surface area contributed by atoms with Gasteiger partial charge in [-0.2, -0.15) is 8.78 Å². The summed E-state index contributed by atoms with van der Waals surface area (Å²) in [6.45, 7) is -3.12. The Morgan fingerprint density at radius 1 is 1.24 bits per heavy atom. The van der Waals surface area contributed by atoms with E-state index in [2.05, 4.69) is 26.0 Å². The lowest BCUT2D eigenvalue weighted by Gasteiger charge is -2.13. The van der Waals surface area contributed by atoms with Crippen molar-refractivity contribution in [3.05, 3.63) is 45.6 Å². The highest BCUT2D eigenvalue weighted by atomic mass is 79.9. The van der Waals surface area contributed by atoms with Crippen LogP contribution in [0.15, 0.2) is 34.8 Å². The first-order valence-corrected chi connectivity index (χ1v) is 6.80. The van der Waals surface area contributed by atoms with Crippen molar-refractivity contribution in [3.63, 3.8) is 0 Å². The van der Waals surface area contributed by atoms with Gasteiger partial charge in [-0.05, 0) is 34.1 Å². The third kappa shape index (κ3) is 3.95. The van der Waals surface area contributed by atoms with E-state index in [1.165, 1.54) is 0 Å². The Kier molecular flexibility index (Phi) is 4.84. The van der Waals surface area contributed by atoms with Gasteiger partial charge in [-0.1, -0.05) is 11.6 Å². The molecule has 0 aliphatic rings. The molecule has 0 unspecified atom stereocenters. The van der Waals surface area contributed by atoms with Gasteiger partial charge in [-0.15, -0.1) is 0 Å². The molecular formula is C13H9BrClF3N2O. The van der Waals surface area contributed by atoms with Gasteiger partial charge < -0.3 is 15.8 Å². The van der Waals surface area contributed by atoms with Crippen LogP contribution in [0.2, 0.25) is 5.02 Å². The van der Waals surface area contributed by atoms with Crippen LogP contribution < -0.4 is 15.8 Å². The monoisotopic (exact) mass is 380 g/mol. The molecule has 0 radical (unpaired) electrons. The lowest BCUT2D eigenvalue weighted by atomic mass is 10.2. The number of hydrogen-bond donors (Lipinski definition) is 2. The maximum atomic E-state index is 13.5. The summed E-state index contributed by atoms with van der Waals surface area (Å²) < 4.78 is 42.6. The summed E-state index contributed by atoms with van der Waals surface area (Å²) in [6.07, 6.45) is 0. The van der Waals surface area contributed by atoms with Crippen LogP contribution in [0, 0.1) is 5.82 Å². The number of rotatable bonds is 4. The third-order valence-electron chi connectivity index (χ3n) is 2.52. The average Bonchev–Trinajstić information content (AvgIpc) is 2.39. The highest BCUT2D eigenvalue weighted by Crippen LogP contribution is 2.33. The van der Waals surface area contributed by atoms with Crippen molar-refractivity contribution >= 4 is 44.6 Å². The van der Waals surface area contributed by atoms with Crippen molar-refractivity contribution < 1.29 is 17.9 Å². The van der Waals surface area contributed by atoms with E-state index in [9.17, 15) is 13.2 Å². The van der Waals surface area contributed by atoms with Gasteiger partial charge in [-0.25, -0.2) is 4.39 Å². The number of hydrogen-bond acceptors (Lipinski definition) is 3. The first kappa shape index (κ1) is 15.8. The molecule has 3 N–H and O–H groups in total. The van der Waals surface area contributed by atoms with Crippen molar-refractivity contribution in [1.82, 2.24) is 0 Å². The topological polar surface area (TPSA) is 47.3 Å². The fraction of sp³-hybridized carbons (Fsp3) is 0.0769. The van der Waals surface area contributed by atoms with E-state index in [0.29, 0.717) is 15.2 Å². The Morgan fingerprint density at radius 2 is 1.95 bits per heavy atom. The van der Waals surface area contributed by atoms with Gasteiger partial charge in [-0.3, -0.25) is 0 Å². The van der Waals surface area contributed by atoms with E-state index in [1.807, 2.05) is 0 Å². The Morgan fingerprint density at radius 3 is 2.57 bits per heavy atom. The van der Waals surface area contributed by atoms with Gasteiger partial charge in [0.1, 0.15) is 0 Å². The van der Waals surface area contributed by atoms with E-state index < -0.39 is 18.2 Å². The zero-order chi connectivity index (χ0) is 15.6. The second kappa shape index (κ2) is 6.44. The second-order valence-electron chi connectivity index (χ2n) is 4.00. The fourth-order valence-electron chi connectivity index (χ4n) is 1.59. The van der Waals surface area contributed by atoms with Gasteiger partial charge in [0.2, 0.25) is 0 Å². The quantitative estimate of drug-likeness (QED) is 0.718. The first-order valence-electron chi connectivity index (χ1n) is 5.62. The summed E-state index contributed by atoms with van der Waals surface area (Å²) >= 11 is 9.12. The molecule has 0 aromatic heterocycles. The van der Waals surface area contributed by atoms with Crippen molar-refractivity contribution in [2.45, 2.75) is 6.61 Å². The largest absolute Gasteiger partial charge is 0.432 e. The summed E-state index contributed by atoms with van der Waals surface area (Å²) in [5.41, 5.74) is 6.54. The minimum Gasteiger partial charge on any atom is -0.432 e.